The van der Waals surface area contributed by atoms with Gasteiger partial charge in [0.05, 0.1) is 13.0 Å². The van der Waals surface area contributed by atoms with Gasteiger partial charge in [-0.25, -0.2) is 0 Å². The zero-order valence-electron chi connectivity index (χ0n) is 13.8. The number of benzene rings is 1. The van der Waals surface area contributed by atoms with Crippen molar-refractivity contribution in [1.82, 2.24) is 9.80 Å². The van der Waals surface area contributed by atoms with Crippen LogP contribution in [0.1, 0.15) is 32.1 Å². The van der Waals surface area contributed by atoms with E-state index in [1.807, 2.05) is 4.90 Å². The second-order valence-corrected chi connectivity index (χ2v) is 7.43. The molecule has 0 bridgehead atoms. The third kappa shape index (κ3) is 4.78. The van der Waals surface area contributed by atoms with Crippen molar-refractivity contribution in [2.75, 3.05) is 32.8 Å². The Hall–Kier alpha value is -0.970. The molecule has 1 heterocycles. The number of piperazine rings is 1. The van der Waals surface area contributed by atoms with Crippen LogP contribution in [0.25, 0.3) is 0 Å². The minimum atomic E-state index is 0.161. The minimum absolute atomic E-state index is 0.161. The van der Waals surface area contributed by atoms with E-state index in [9.17, 15) is 4.79 Å². The largest absolute Gasteiger partial charge is 0.493 e. The monoisotopic (exact) mass is 370 g/mol. The highest BCUT2D eigenvalue weighted by Gasteiger charge is 2.27. The fraction of sp³-hybridized carbons (Fsp3) is 0.611. The Labute approximate surface area is 153 Å². The van der Waals surface area contributed by atoms with Gasteiger partial charge in [0, 0.05) is 42.3 Å². The van der Waals surface area contributed by atoms with Gasteiger partial charge in [-0.1, -0.05) is 36.0 Å². The van der Waals surface area contributed by atoms with E-state index in [0.29, 0.717) is 28.8 Å². The summed E-state index contributed by atoms with van der Waals surface area (Å²) in [6, 6.07) is 5.82. The van der Waals surface area contributed by atoms with Gasteiger partial charge < -0.3 is 9.64 Å². The Morgan fingerprint density at radius 1 is 1.04 bits per heavy atom. The van der Waals surface area contributed by atoms with Gasteiger partial charge in [0.2, 0.25) is 5.91 Å². The van der Waals surface area contributed by atoms with Gasteiger partial charge in [-0.15, -0.1) is 0 Å². The normalized spacial score (nSPS) is 19.7. The standard InChI is InChI=1S/C18H24Cl2N2O2/c19-14-11-15(20)13-17(12-14)24-10-5-18(23)22-8-6-21(7-9-22)16-3-1-2-4-16/h11-13,16H,1-10H2. The highest BCUT2D eigenvalue weighted by molar-refractivity contribution is 6.34. The van der Waals surface area contributed by atoms with Gasteiger partial charge in [-0.3, -0.25) is 9.69 Å². The van der Waals surface area contributed by atoms with Crippen molar-refractivity contribution in [2.45, 2.75) is 38.1 Å². The van der Waals surface area contributed by atoms with Crippen LogP contribution in [0.15, 0.2) is 18.2 Å². The average molecular weight is 371 g/mol. The number of amides is 1. The SMILES string of the molecule is O=C(CCOc1cc(Cl)cc(Cl)c1)N1CCN(C2CCCC2)CC1. The van der Waals surface area contributed by atoms with Gasteiger partial charge in [-0.2, -0.15) is 0 Å². The summed E-state index contributed by atoms with van der Waals surface area (Å²) in [5, 5.41) is 1.07. The van der Waals surface area contributed by atoms with Crippen LogP contribution in [-0.4, -0.2) is 54.5 Å². The van der Waals surface area contributed by atoms with Crippen LogP contribution in [0, 0.1) is 0 Å². The van der Waals surface area contributed by atoms with Crippen LogP contribution < -0.4 is 4.74 Å². The number of carbonyl (C=O) groups is 1. The molecule has 0 atom stereocenters. The van der Waals surface area contributed by atoms with Crippen LogP contribution in [0.2, 0.25) is 10.0 Å². The molecule has 0 unspecified atom stereocenters. The predicted octanol–water partition coefficient (Wildman–Crippen LogP) is 3.85. The molecule has 0 spiro atoms. The number of halogens is 2. The van der Waals surface area contributed by atoms with E-state index >= 15 is 0 Å². The fourth-order valence-electron chi connectivity index (χ4n) is 3.63. The number of ether oxygens (including phenoxy) is 1. The van der Waals surface area contributed by atoms with Crippen LogP contribution in [-0.2, 0) is 4.79 Å². The summed E-state index contributed by atoms with van der Waals surface area (Å²) in [6.45, 7) is 4.01. The number of nitrogens with zero attached hydrogens (tertiary/aromatic N) is 2. The quantitative estimate of drug-likeness (QED) is 0.788. The van der Waals surface area contributed by atoms with Gasteiger partial charge in [0.1, 0.15) is 5.75 Å². The first-order valence-corrected chi connectivity index (χ1v) is 9.48. The van der Waals surface area contributed by atoms with Crippen LogP contribution in [0.4, 0.5) is 0 Å². The van der Waals surface area contributed by atoms with Gasteiger partial charge in [-0.05, 0) is 31.0 Å². The Morgan fingerprint density at radius 3 is 2.29 bits per heavy atom. The summed E-state index contributed by atoms with van der Waals surface area (Å²) in [6.07, 6.45) is 5.74. The van der Waals surface area contributed by atoms with Crippen molar-refractivity contribution in [2.24, 2.45) is 0 Å². The van der Waals surface area contributed by atoms with E-state index in [1.165, 1.54) is 25.7 Å². The molecule has 2 fully saturated rings. The summed E-state index contributed by atoms with van der Waals surface area (Å²) in [7, 11) is 0. The molecule has 1 amide bonds. The van der Waals surface area contributed by atoms with Crippen LogP contribution in [0.3, 0.4) is 0 Å². The summed E-state index contributed by atoms with van der Waals surface area (Å²) < 4.78 is 5.60. The number of hydrogen-bond donors (Lipinski definition) is 0. The summed E-state index contributed by atoms with van der Waals surface area (Å²) >= 11 is 11.9. The van der Waals surface area contributed by atoms with E-state index in [-0.39, 0.29) is 5.91 Å². The lowest BCUT2D eigenvalue weighted by Crippen LogP contribution is -2.51. The van der Waals surface area contributed by atoms with E-state index < -0.39 is 0 Å². The molecule has 4 nitrogen and oxygen atoms in total. The number of hydrogen-bond acceptors (Lipinski definition) is 3. The molecule has 1 saturated heterocycles. The van der Waals surface area contributed by atoms with Crippen LogP contribution in [0.5, 0.6) is 5.75 Å². The van der Waals surface area contributed by atoms with Crippen molar-refractivity contribution in [3.05, 3.63) is 28.2 Å². The maximum Gasteiger partial charge on any atom is 0.226 e. The molecule has 1 aromatic carbocycles. The second kappa shape index (κ2) is 8.41. The Morgan fingerprint density at radius 2 is 1.67 bits per heavy atom. The maximum atomic E-state index is 12.3. The van der Waals surface area contributed by atoms with E-state index in [4.69, 9.17) is 27.9 Å². The lowest BCUT2D eigenvalue weighted by atomic mass is 10.2. The summed E-state index contributed by atoms with van der Waals surface area (Å²) in [5.74, 6) is 0.764. The molecule has 24 heavy (non-hydrogen) atoms. The highest BCUT2D eigenvalue weighted by atomic mass is 35.5. The average Bonchev–Trinajstić information content (AvgIpc) is 3.08. The van der Waals surface area contributed by atoms with E-state index in [2.05, 4.69) is 4.90 Å². The molecule has 0 N–H and O–H groups in total. The third-order valence-corrected chi connectivity index (χ3v) is 5.37. The molecule has 0 aromatic heterocycles. The molecule has 0 radical (unpaired) electrons. The Balaban J connectivity index is 1.39. The highest BCUT2D eigenvalue weighted by Crippen LogP contribution is 2.25. The molecule has 1 aliphatic carbocycles. The van der Waals surface area contributed by atoms with Crippen molar-refractivity contribution >= 4 is 29.1 Å². The number of carbonyl (C=O) groups excluding carboxylic acids is 1. The zero-order chi connectivity index (χ0) is 16.9. The molecule has 1 saturated carbocycles. The lowest BCUT2D eigenvalue weighted by molar-refractivity contribution is -0.133. The predicted molar refractivity (Wildman–Crippen MR) is 97.0 cm³/mol. The molecule has 132 valence electrons. The zero-order valence-corrected chi connectivity index (χ0v) is 15.4. The molecular weight excluding hydrogens is 347 g/mol. The first kappa shape index (κ1) is 17.8. The molecule has 1 aromatic rings. The molecule has 2 aliphatic rings. The molecular formula is C18H24Cl2N2O2. The first-order chi connectivity index (χ1) is 11.6. The fourth-order valence-corrected chi connectivity index (χ4v) is 4.14. The van der Waals surface area contributed by atoms with Crippen molar-refractivity contribution in [3.8, 4) is 5.75 Å². The van der Waals surface area contributed by atoms with E-state index in [0.717, 1.165) is 32.2 Å². The van der Waals surface area contributed by atoms with Crippen molar-refractivity contribution in [1.29, 1.82) is 0 Å². The Kier molecular flexibility index (Phi) is 6.25. The van der Waals surface area contributed by atoms with Gasteiger partial charge in [0.25, 0.3) is 0 Å². The third-order valence-electron chi connectivity index (χ3n) is 4.93. The van der Waals surface area contributed by atoms with Crippen LogP contribution >= 0.6 is 23.2 Å². The van der Waals surface area contributed by atoms with Gasteiger partial charge >= 0.3 is 0 Å². The molecule has 3 rings (SSSR count). The summed E-state index contributed by atoms with van der Waals surface area (Å²) in [5.41, 5.74) is 0. The second-order valence-electron chi connectivity index (χ2n) is 6.56. The smallest absolute Gasteiger partial charge is 0.226 e. The van der Waals surface area contributed by atoms with E-state index in [1.54, 1.807) is 18.2 Å². The maximum absolute atomic E-state index is 12.3. The van der Waals surface area contributed by atoms with Gasteiger partial charge in [0.15, 0.2) is 0 Å². The summed E-state index contributed by atoms with van der Waals surface area (Å²) in [4.78, 5) is 16.8. The topological polar surface area (TPSA) is 32.8 Å². The number of rotatable bonds is 5. The first-order valence-electron chi connectivity index (χ1n) is 8.72. The lowest BCUT2D eigenvalue weighted by Gasteiger charge is -2.38. The molecule has 6 heteroatoms. The van der Waals surface area contributed by atoms with Crippen molar-refractivity contribution < 1.29 is 9.53 Å². The molecule has 1 aliphatic heterocycles. The van der Waals surface area contributed by atoms with Crippen molar-refractivity contribution in [3.63, 3.8) is 0 Å². The minimum Gasteiger partial charge on any atom is -0.493 e. The Bertz CT molecular complexity index is 548.